The number of nitrogens with zero attached hydrogens (tertiary/aromatic N) is 2. The molecule has 4 aliphatic rings. The Labute approximate surface area is 145 Å². The molecule has 0 aromatic carbocycles. The van der Waals surface area contributed by atoms with Gasteiger partial charge in [-0.3, -0.25) is 4.79 Å². The normalized spacial score (nSPS) is 33.1. The van der Waals surface area contributed by atoms with E-state index >= 15 is 0 Å². The van der Waals surface area contributed by atoms with Gasteiger partial charge in [-0.05, 0) is 50.9 Å². The van der Waals surface area contributed by atoms with Crippen molar-refractivity contribution in [3.63, 3.8) is 0 Å². The third-order valence-electron chi connectivity index (χ3n) is 6.71. The van der Waals surface area contributed by atoms with Crippen LogP contribution in [-0.4, -0.2) is 54.5 Å². The lowest BCUT2D eigenvalue weighted by Crippen LogP contribution is -2.72. The molecule has 6 heteroatoms. The van der Waals surface area contributed by atoms with Crippen LogP contribution in [0.25, 0.3) is 0 Å². The van der Waals surface area contributed by atoms with Crippen LogP contribution in [0.3, 0.4) is 0 Å². The molecule has 0 aromatic heterocycles. The number of amides is 1. The molecule has 2 saturated heterocycles. The monoisotopic (exact) mass is 354 g/mol. The summed E-state index contributed by atoms with van der Waals surface area (Å²) >= 11 is 0. The molecular formula is C18H30N2O3S. The molecule has 2 aliphatic heterocycles. The van der Waals surface area contributed by atoms with Gasteiger partial charge in [-0.15, -0.1) is 0 Å². The first-order valence-corrected chi connectivity index (χ1v) is 11.4. The summed E-state index contributed by atoms with van der Waals surface area (Å²) in [6, 6.07) is -0.0228. The molecule has 4 fully saturated rings. The summed E-state index contributed by atoms with van der Waals surface area (Å²) in [6.45, 7) is 3.29. The molecule has 0 radical (unpaired) electrons. The molecule has 24 heavy (non-hydrogen) atoms. The van der Waals surface area contributed by atoms with Crippen LogP contribution < -0.4 is 0 Å². The zero-order valence-electron chi connectivity index (χ0n) is 14.7. The Balaban J connectivity index is 1.52. The Morgan fingerprint density at radius 3 is 2.46 bits per heavy atom. The minimum Gasteiger partial charge on any atom is -0.337 e. The second-order valence-corrected chi connectivity index (χ2v) is 10.4. The summed E-state index contributed by atoms with van der Waals surface area (Å²) < 4.78 is 26.8. The molecule has 1 spiro atoms. The van der Waals surface area contributed by atoms with E-state index in [1.165, 1.54) is 36.4 Å². The molecule has 2 aliphatic carbocycles. The summed E-state index contributed by atoms with van der Waals surface area (Å²) in [6.07, 6.45) is 9.47. The maximum atomic E-state index is 13.2. The number of sulfonamides is 1. The molecule has 0 aromatic rings. The molecular weight excluding hydrogens is 324 g/mol. The molecule has 2 atom stereocenters. The highest BCUT2D eigenvalue weighted by Gasteiger charge is 2.62. The Hall–Kier alpha value is -0.620. The first-order chi connectivity index (χ1) is 11.5. The fourth-order valence-electron chi connectivity index (χ4n) is 5.27. The number of piperidine rings is 1. The van der Waals surface area contributed by atoms with Crippen LogP contribution in [0.2, 0.25) is 0 Å². The van der Waals surface area contributed by atoms with Gasteiger partial charge in [0.15, 0.2) is 0 Å². The number of hydrogen-bond donors (Lipinski definition) is 0. The summed E-state index contributed by atoms with van der Waals surface area (Å²) in [5, 5.41) is 0. The van der Waals surface area contributed by atoms with Crippen molar-refractivity contribution in [1.29, 1.82) is 0 Å². The highest BCUT2D eigenvalue weighted by Crippen LogP contribution is 2.59. The second-order valence-electron chi connectivity index (χ2n) is 8.40. The highest BCUT2D eigenvalue weighted by molar-refractivity contribution is 7.89. The zero-order valence-corrected chi connectivity index (χ0v) is 15.6. The van der Waals surface area contributed by atoms with E-state index in [-0.39, 0.29) is 11.7 Å². The lowest BCUT2D eigenvalue weighted by molar-refractivity contribution is -0.175. The topological polar surface area (TPSA) is 57.7 Å². The molecule has 4 rings (SSSR count). The van der Waals surface area contributed by atoms with E-state index in [4.69, 9.17) is 0 Å². The number of rotatable bonds is 5. The van der Waals surface area contributed by atoms with Crippen molar-refractivity contribution >= 4 is 15.9 Å². The van der Waals surface area contributed by atoms with E-state index in [9.17, 15) is 13.2 Å². The van der Waals surface area contributed by atoms with Crippen molar-refractivity contribution in [3.05, 3.63) is 0 Å². The van der Waals surface area contributed by atoms with Crippen LogP contribution in [0.5, 0.6) is 0 Å². The van der Waals surface area contributed by atoms with Gasteiger partial charge < -0.3 is 4.90 Å². The van der Waals surface area contributed by atoms with Crippen LogP contribution in [0, 0.1) is 11.3 Å². The van der Waals surface area contributed by atoms with E-state index in [1.54, 1.807) is 0 Å². The molecule has 1 amide bonds. The molecule has 136 valence electrons. The zero-order chi connectivity index (χ0) is 16.9. The van der Waals surface area contributed by atoms with E-state index < -0.39 is 16.1 Å². The van der Waals surface area contributed by atoms with Gasteiger partial charge in [0, 0.05) is 24.5 Å². The van der Waals surface area contributed by atoms with E-state index in [0.717, 1.165) is 19.4 Å². The van der Waals surface area contributed by atoms with Crippen LogP contribution in [0.1, 0.15) is 64.7 Å². The van der Waals surface area contributed by atoms with E-state index in [2.05, 4.69) is 4.90 Å². The predicted octanol–water partition coefficient (Wildman–Crippen LogP) is 2.37. The molecule has 0 N–H and O–H groups in total. The SMILES string of the molecule is CCCS(=O)(=O)N1CCCCC1C(=O)N1CC2(CCC2)C1C1CC1. The minimum absolute atomic E-state index is 0.101. The van der Waals surface area contributed by atoms with Crippen molar-refractivity contribution in [2.24, 2.45) is 11.3 Å². The van der Waals surface area contributed by atoms with Crippen LogP contribution in [0.4, 0.5) is 0 Å². The Bertz CT molecular complexity index is 610. The maximum Gasteiger partial charge on any atom is 0.241 e. The van der Waals surface area contributed by atoms with Gasteiger partial charge in [-0.25, -0.2) is 8.42 Å². The van der Waals surface area contributed by atoms with Gasteiger partial charge in [0.2, 0.25) is 15.9 Å². The van der Waals surface area contributed by atoms with Crippen LogP contribution >= 0.6 is 0 Å². The Kier molecular flexibility index (Phi) is 4.19. The van der Waals surface area contributed by atoms with Crippen molar-refractivity contribution in [2.75, 3.05) is 18.8 Å². The van der Waals surface area contributed by atoms with Crippen molar-refractivity contribution in [2.45, 2.75) is 76.8 Å². The van der Waals surface area contributed by atoms with Gasteiger partial charge in [-0.2, -0.15) is 4.31 Å². The van der Waals surface area contributed by atoms with Gasteiger partial charge in [0.1, 0.15) is 6.04 Å². The van der Waals surface area contributed by atoms with Crippen molar-refractivity contribution in [1.82, 2.24) is 9.21 Å². The number of hydrogen-bond acceptors (Lipinski definition) is 3. The first kappa shape index (κ1) is 16.8. The smallest absolute Gasteiger partial charge is 0.241 e. The predicted molar refractivity (Wildman–Crippen MR) is 92.9 cm³/mol. The number of carbonyl (C=O) groups is 1. The summed E-state index contributed by atoms with van der Waals surface area (Å²) in [7, 11) is -3.30. The summed E-state index contributed by atoms with van der Waals surface area (Å²) in [5.41, 5.74) is 0.401. The summed E-state index contributed by atoms with van der Waals surface area (Å²) in [4.78, 5) is 15.3. The van der Waals surface area contributed by atoms with E-state index in [0.29, 0.717) is 36.8 Å². The Morgan fingerprint density at radius 1 is 1.12 bits per heavy atom. The molecule has 2 saturated carbocycles. The van der Waals surface area contributed by atoms with Gasteiger partial charge >= 0.3 is 0 Å². The van der Waals surface area contributed by atoms with Gasteiger partial charge in [0.25, 0.3) is 0 Å². The van der Waals surface area contributed by atoms with Crippen molar-refractivity contribution in [3.8, 4) is 0 Å². The average molecular weight is 355 g/mol. The largest absolute Gasteiger partial charge is 0.337 e. The average Bonchev–Trinajstić information content (AvgIpc) is 3.29. The molecule has 2 heterocycles. The van der Waals surface area contributed by atoms with Gasteiger partial charge in [-0.1, -0.05) is 19.8 Å². The first-order valence-electron chi connectivity index (χ1n) is 9.78. The molecule has 0 bridgehead atoms. The standard InChI is InChI=1S/C18H30N2O3S/c1-2-12-24(22,23)20-11-4-3-6-15(20)17(21)19-13-18(9-5-10-18)16(19)14-7-8-14/h14-16H,2-13H2,1H3. The highest BCUT2D eigenvalue weighted by atomic mass is 32.2. The lowest BCUT2D eigenvalue weighted by atomic mass is 9.56. The Morgan fingerprint density at radius 2 is 1.88 bits per heavy atom. The van der Waals surface area contributed by atoms with Gasteiger partial charge in [0.05, 0.1) is 5.75 Å². The minimum atomic E-state index is -3.30. The third kappa shape index (κ3) is 2.61. The lowest BCUT2D eigenvalue weighted by Gasteiger charge is -2.63. The molecule has 5 nitrogen and oxygen atoms in total. The third-order valence-corrected chi connectivity index (χ3v) is 8.78. The number of likely N-dealkylation sites (tertiary alicyclic amines) is 1. The second kappa shape index (κ2) is 5.97. The van der Waals surface area contributed by atoms with Crippen LogP contribution in [-0.2, 0) is 14.8 Å². The fraction of sp³-hybridized carbons (Fsp3) is 0.944. The molecule has 2 unspecified atom stereocenters. The number of carbonyl (C=O) groups excluding carboxylic acids is 1. The van der Waals surface area contributed by atoms with Crippen molar-refractivity contribution < 1.29 is 13.2 Å². The maximum absolute atomic E-state index is 13.2. The fourth-order valence-corrected chi connectivity index (χ4v) is 7.01. The van der Waals surface area contributed by atoms with E-state index in [1.807, 2.05) is 6.92 Å². The summed E-state index contributed by atoms with van der Waals surface area (Å²) in [5.74, 6) is 0.948. The quantitative estimate of drug-likeness (QED) is 0.762. The van der Waals surface area contributed by atoms with Crippen LogP contribution in [0.15, 0.2) is 0 Å².